The van der Waals surface area contributed by atoms with Crippen LogP contribution in [-0.2, 0) is 0 Å². The van der Waals surface area contributed by atoms with Gasteiger partial charge in [0.25, 0.3) is 0 Å². The maximum atomic E-state index is 13.3. The molecule has 0 bridgehead atoms. The van der Waals surface area contributed by atoms with E-state index in [1.807, 2.05) is 0 Å². The molecule has 1 aromatic rings. The number of nitrogens with two attached hydrogens (primary N) is 1. The summed E-state index contributed by atoms with van der Waals surface area (Å²) in [5, 5.41) is 0. The van der Waals surface area contributed by atoms with Crippen molar-refractivity contribution < 1.29 is 13.9 Å². The van der Waals surface area contributed by atoms with E-state index in [4.69, 9.17) is 10.5 Å². The highest BCUT2D eigenvalue weighted by molar-refractivity contribution is 5.98. The fourth-order valence-corrected chi connectivity index (χ4v) is 1.31. The van der Waals surface area contributed by atoms with Gasteiger partial charge >= 0.3 is 0 Å². The Kier molecular flexibility index (Phi) is 3.80. The van der Waals surface area contributed by atoms with E-state index in [0.717, 1.165) is 0 Å². The summed E-state index contributed by atoms with van der Waals surface area (Å²) in [6, 6.07) is 2.71. The molecule has 0 atom stereocenters. The summed E-state index contributed by atoms with van der Waals surface area (Å²) < 4.78 is 18.3. The third kappa shape index (κ3) is 2.53. The summed E-state index contributed by atoms with van der Waals surface area (Å²) in [7, 11) is 1.45. The van der Waals surface area contributed by atoms with Gasteiger partial charge in [0.15, 0.2) is 5.78 Å². The van der Waals surface area contributed by atoms with E-state index >= 15 is 0 Å². The maximum Gasteiger partial charge on any atom is 0.167 e. The van der Waals surface area contributed by atoms with Gasteiger partial charge in [-0.3, -0.25) is 4.79 Å². The van der Waals surface area contributed by atoms with Crippen molar-refractivity contribution in [1.29, 1.82) is 0 Å². The van der Waals surface area contributed by atoms with Crippen molar-refractivity contribution in [3.63, 3.8) is 0 Å². The minimum absolute atomic E-state index is 0.193. The molecule has 0 amide bonds. The SMILES string of the molecule is COc1cc(C)c(F)cc1C(=O)CCN. The number of rotatable bonds is 4. The molecule has 0 aliphatic heterocycles. The van der Waals surface area contributed by atoms with Crippen LogP contribution in [0, 0.1) is 12.7 Å². The normalized spacial score (nSPS) is 10.1. The molecule has 0 fully saturated rings. The fraction of sp³-hybridized carbons (Fsp3) is 0.364. The molecule has 1 rings (SSSR count). The first kappa shape index (κ1) is 11.7. The zero-order valence-corrected chi connectivity index (χ0v) is 8.84. The first-order valence-electron chi connectivity index (χ1n) is 4.67. The van der Waals surface area contributed by atoms with Gasteiger partial charge in [0.1, 0.15) is 11.6 Å². The second-order valence-electron chi connectivity index (χ2n) is 3.26. The summed E-state index contributed by atoms with van der Waals surface area (Å²) in [5.41, 5.74) is 5.98. The molecule has 0 aliphatic carbocycles. The molecule has 0 aromatic heterocycles. The lowest BCUT2D eigenvalue weighted by molar-refractivity contribution is 0.0982. The van der Waals surface area contributed by atoms with Gasteiger partial charge in [0, 0.05) is 6.42 Å². The van der Waals surface area contributed by atoms with Crippen LogP contribution in [0.4, 0.5) is 4.39 Å². The number of ether oxygens (including phenoxy) is 1. The number of aryl methyl sites for hydroxylation is 1. The molecule has 0 saturated heterocycles. The van der Waals surface area contributed by atoms with Gasteiger partial charge in [0.05, 0.1) is 12.7 Å². The molecule has 0 saturated carbocycles. The highest BCUT2D eigenvalue weighted by atomic mass is 19.1. The van der Waals surface area contributed by atoms with Gasteiger partial charge in [-0.25, -0.2) is 4.39 Å². The van der Waals surface area contributed by atoms with E-state index in [-0.39, 0.29) is 24.3 Å². The highest BCUT2D eigenvalue weighted by Crippen LogP contribution is 2.23. The number of ketones is 1. The summed E-state index contributed by atoms with van der Waals surface area (Å²) in [6.07, 6.45) is 0.193. The zero-order chi connectivity index (χ0) is 11.4. The topological polar surface area (TPSA) is 52.3 Å². The summed E-state index contributed by atoms with van der Waals surface area (Å²) >= 11 is 0. The van der Waals surface area contributed by atoms with E-state index in [9.17, 15) is 9.18 Å². The van der Waals surface area contributed by atoms with Gasteiger partial charge in [-0.15, -0.1) is 0 Å². The largest absolute Gasteiger partial charge is 0.496 e. The van der Waals surface area contributed by atoms with Crippen molar-refractivity contribution in [2.45, 2.75) is 13.3 Å². The Balaban J connectivity index is 3.15. The van der Waals surface area contributed by atoms with Crippen LogP contribution < -0.4 is 10.5 Å². The molecular weight excluding hydrogens is 197 g/mol. The summed E-state index contributed by atoms with van der Waals surface area (Å²) in [6.45, 7) is 1.87. The lowest BCUT2D eigenvalue weighted by atomic mass is 10.0. The van der Waals surface area contributed by atoms with Gasteiger partial charge in [-0.2, -0.15) is 0 Å². The number of carbonyl (C=O) groups excluding carboxylic acids is 1. The Morgan fingerprint density at radius 3 is 2.73 bits per heavy atom. The average molecular weight is 211 g/mol. The van der Waals surface area contributed by atoms with Crippen molar-refractivity contribution in [3.8, 4) is 5.75 Å². The van der Waals surface area contributed by atoms with Crippen LogP contribution >= 0.6 is 0 Å². The molecular formula is C11H14FNO2. The molecule has 1 aromatic carbocycles. The lowest BCUT2D eigenvalue weighted by Crippen LogP contribution is -2.10. The molecule has 0 radical (unpaired) electrons. The number of methoxy groups -OCH3 is 1. The number of carbonyl (C=O) groups is 1. The second kappa shape index (κ2) is 4.89. The van der Waals surface area contributed by atoms with E-state index in [1.165, 1.54) is 19.2 Å². The van der Waals surface area contributed by atoms with Gasteiger partial charge < -0.3 is 10.5 Å². The van der Waals surface area contributed by atoms with Crippen LogP contribution in [0.1, 0.15) is 22.3 Å². The Morgan fingerprint density at radius 2 is 2.20 bits per heavy atom. The monoisotopic (exact) mass is 211 g/mol. The predicted molar refractivity (Wildman–Crippen MR) is 55.7 cm³/mol. The van der Waals surface area contributed by atoms with Crippen LogP contribution in [-0.4, -0.2) is 19.4 Å². The first-order chi connectivity index (χ1) is 7.10. The molecule has 3 nitrogen and oxygen atoms in total. The van der Waals surface area contributed by atoms with Gasteiger partial charge in [-0.1, -0.05) is 0 Å². The minimum atomic E-state index is -0.406. The molecule has 0 heterocycles. The minimum Gasteiger partial charge on any atom is -0.496 e. The Labute approximate surface area is 88.0 Å². The van der Waals surface area contributed by atoms with E-state index in [2.05, 4.69) is 0 Å². The number of Topliss-reactive ketones (excluding diaryl/α,β-unsaturated/α-hetero) is 1. The van der Waals surface area contributed by atoms with Crippen molar-refractivity contribution in [3.05, 3.63) is 29.1 Å². The molecule has 82 valence electrons. The van der Waals surface area contributed by atoms with Gasteiger partial charge in [-0.05, 0) is 31.2 Å². The first-order valence-corrected chi connectivity index (χ1v) is 4.67. The van der Waals surface area contributed by atoms with Crippen LogP contribution in [0.25, 0.3) is 0 Å². The standard InChI is InChI=1S/C11H14FNO2/c1-7-5-11(15-2)8(6-9(7)12)10(14)3-4-13/h5-6H,3-4,13H2,1-2H3. The molecule has 0 spiro atoms. The average Bonchev–Trinajstić information content (AvgIpc) is 2.21. The van der Waals surface area contributed by atoms with E-state index in [0.29, 0.717) is 11.3 Å². The van der Waals surface area contributed by atoms with Gasteiger partial charge in [0.2, 0.25) is 0 Å². The van der Waals surface area contributed by atoms with E-state index in [1.54, 1.807) is 6.92 Å². The smallest absolute Gasteiger partial charge is 0.167 e. The number of halogens is 1. The molecule has 15 heavy (non-hydrogen) atoms. The third-order valence-electron chi connectivity index (χ3n) is 2.15. The van der Waals surface area contributed by atoms with Crippen molar-refractivity contribution in [1.82, 2.24) is 0 Å². The zero-order valence-electron chi connectivity index (χ0n) is 8.84. The highest BCUT2D eigenvalue weighted by Gasteiger charge is 2.14. The Hall–Kier alpha value is -1.42. The molecule has 2 N–H and O–H groups in total. The Bertz CT molecular complexity index is 377. The predicted octanol–water partition coefficient (Wildman–Crippen LogP) is 1.67. The summed E-state index contributed by atoms with van der Waals surface area (Å²) in [5.74, 6) is -0.211. The van der Waals surface area contributed by atoms with E-state index < -0.39 is 5.82 Å². The number of benzene rings is 1. The van der Waals surface area contributed by atoms with Crippen molar-refractivity contribution in [2.24, 2.45) is 5.73 Å². The van der Waals surface area contributed by atoms with Crippen LogP contribution in [0.15, 0.2) is 12.1 Å². The lowest BCUT2D eigenvalue weighted by Gasteiger charge is -2.08. The molecule has 0 aliphatic rings. The fourth-order valence-electron chi connectivity index (χ4n) is 1.31. The maximum absolute atomic E-state index is 13.3. The van der Waals surface area contributed by atoms with Crippen molar-refractivity contribution >= 4 is 5.78 Å². The molecule has 0 unspecified atom stereocenters. The quantitative estimate of drug-likeness (QED) is 0.771. The van der Waals surface area contributed by atoms with Crippen LogP contribution in [0.5, 0.6) is 5.75 Å². The number of hydrogen-bond acceptors (Lipinski definition) is 3. The molecule has 4 heteroatoms. The van der Waals surface area contributed by atoms with Crippen LogP contribution in [0.3, 0.4) is 0 Å². The number of hydrogen-bond donors (Lipinski definition) is 1. The second-order valence-corrected chi connectivity index (χ2v) is 3.26. The summed E-state index contributed by atoms with van der Waals surface area (Å²) in [4.78, 5) is 11.6. The third-order valence-corrected chi connectivity index (χ3v) is 2.15. The Morgan fingerprint density at radius 1 is 1.53 bits per heavy atom. The van der Waals surface area contributed by atoms with Crippen LogP contribution in [0.2, 0.25) is 0 Å². The van der Waals surface area contributed by atoms with Crippen molar-refractivity contribution in [2.75, 3.05) is 13.7 Å².